The van der Waals surface area contributed by atoms with Gasteiger partial charge >= 0.3 is 5.97 Å². The lowest BCUT2D eigenvalue weighted by Gasteiger charge is -2.22. The molecule has 1 rings (SSSR count). The summed E-state index contributed by atoms with van der Waals surface area (Å²) < 4.78 is 4.82. The smallest absolute Gasteiger partial charge is 0.356 e. The summed E-state index contributed by atoms with van der Waals surface area (Å²) >= 11 is 0. The highest BCUT2D eigenvalue weighted by molar-refractivity contribution is 5.87. The molecule has 0 aromatic rings. The van der Waals surface area contributed by atoms with Crippen LogP contribution in [0.3, 0.4) is 0 Å². The number of amides is 1. The lowest BCUT2D eigenvalue weighted by atomic mass is 10.1. The van der Waals surface area contributed by atoms with Gasteiger partial charge in [-0.3, -0.25) is 4.79 Å². The van der Waals surface area contributed by atoms with E-state index in [9.17, 15) is 9.59 Å². The first-order valence-corrected chi connectivity index (χ1v) is 4.45. The van der Waals surface area contributed by atoms with E-state index in [2.05, 4.69) is 15.5 Å². The molecule has 0 saturated carbocycles. The molecule has 1 aliphatic rings. The number of hydrogen-bond donors (Lipinski definition) is 1. The van der Waals surface area contributed by atoms with E-state index in [0.29, 0.717) is 13.0 Å². The van der Waals surface area contributed by atoms with Crippen LogP contribution in [-0.4, -0.2) is 30.7 Å². The third-order valence-electron chi connectivity index (χ3n) is 1.81. The molecule has 14 heavy (non-hydrogen) atoms. The second-order valence-corrected chi connectivity index (χ2v) is 2.98. The molecule has 0 aromatic heterocycles. The number of carbonyl (C=O) groups excluding carboxylic acids is 2. The van der Waals surface area contributed by atoms with Crippen molar-refractivity contribution in [1.82, 2.24) is 5.32 Å². The second kappa shape index (κ2) is 4.17. The summed E-state index contributed by atoms with van der Waals surface area (Å²) in [6.45, 7) is 3.72. The van der Waals surface area contributed by atoms with Crippen molar-refractivity contribution in [3.8, 4) is 0 Å². The van der Waals surface area contributed by atoms with Crippen molar-refractivity contribution >= 4 is 11.9 Å². The highest BCUT2D eigenvalue weighted by atomic mass is 16.5. The first-order chi connectivity index (χ1) is 6.60. The second-order valence-electron chi connectivity index (χ2n) is 2.98. The standard InChI is InChI=1S/C8H13N3O3/c1-3-14-7(13)8(10-6(2)12)4-5-9-11-8/h3-5H2,1-2H3,(H,10,12). The molecule has 78 valence electrons. The fourth-order valence-corrected chi connectivity index (χ4v) is 1.26. The maximum atomic E-state index is 11.5. The average Bonchev–Trinajstić information content (AvgIpc) is 2.53. The van der Waals surface area contributed by atoms with Gasteiger partial charge in [-0.25, -0.2) is 4.79 Å². The third-order valence-corrected chi connectivity index (χ3v) is 1.81. The van der Waals surface area contributed by atoms with Crippen LogP contribution in [0.2, 0.25) is 0 Å². The lowest BCUT2D eigenvalue weighted by Crippen LogP contribution is -2.52. The Kier molecular flexibility index (Phi) is 3.16. The molecule has 6 heteroatoms. The van der Waals surface area contributed by atoms with Crippen molar-refractivity contribution in [1.29, 1.82) is 0 Å². The van der Waals surface area contributed by atoms with Crippen LogP contribution in [0.25, 0.3) is 0 Å². The van der Waals surface area contributed by atoms with Gasteiger partial charge in [0.1, 0.15) is 0 Å². The first kappa shape index (κ1) is 10.6. The number of azo groups is 1. The quantitative estimate of drug-likeness (QED) is 0.661. The monoisotopic (exact) mass is 199 g/mol. The van der Waals surface area contributed by atoms with Gasteiger partial charge in [0.25, 0.3) is 5.66 Å². The minimum Gasteiger partial charge on any atom is -0.463 e. The molecule has 0 aliphatic carbocycles. The van der Waals surface area contributed by atoms with Crippen LogP contribution < -0.4 is 5.32 Å². The fourth-order valence-electron chi connectivity index (χ4n) is 1.26. The summed E-state index contributed by atoms with van der Waals surface area (Å²) in [6.07, 6.45) is 0.366. The molecule has 6 nitrogen and oxygen atoms in total. The van der Waals surface area contributed by atoms with E-state index in [0.717, 1.165) is 0 Å². The SMILES string of the molecule is CCOC(=O)C1(NC(C)=O)CCN=N1. The Morgan fingerprint density at radius 2 is 2.29 bits per heavy atom. The molecule has 1 heterocycles. The Morgan fingerprint density at radius 1 is 1.57 bits per heavy atom. The van der Waals surface area contributed by atoms with Crippen molar-refractivity contribution < 1.29 is 14.3 Å². The number of hydrogen-bond acceptors (Lipinski definition) is 5. The zero-order valence-electron chi connectivity index (χ0n) is 8.24. The predicted octanol–water partition coefficient (Wildman–Crippen LogP) is 0.238. The van der Waals surface area contributed by atoms with Crippen molar-refractivity contribution in [2.45, 2.75) is 25.9 Å². The Hall–Kier alpha value is -1.46. The van der Waals surface area contributed by atoms with E-state index < -0.39 is 11.6 Å². The maximum absolute atomic E-state index is 11.5. The number of nitrogens with one attached hydrogen (secondary N) is 1. The summed E-state index contributed by atoms with van der Waals surface area (Å²) in [5.41, 5.74) is -1.28. The molecule has 0 bridgehead atoms. The van der Waals surface area contributed by atoms with Gasteiger partial charge in [0, 0.05) is 13.3 Å². The zero-order chi connectivity index (χ0) is 10.6. The summed E-state index contributed by atoms with van der Waals surface area (Å²) in [7, 11) is 0. The minimum absolute atomic E-state index is 0.260. The van der Waals surface area contributed by atoms with Crippen molar-refractivity contribution in [3.63, 3.8) is 0 Å². The molecule has 0 aromatic carbocycles. The Bertz CT molecular complexity index is 277. The van der Waals surface area contributed by atoms with E-state index >= 15 is 0 Å². The molecule has 1 atom stereocenters. The largest absolute Gasteiger partial charge is 0.463 e. The van der Waals surface area contributed by atoms with Gasteiger partial charge in [-0.05, 0) is 6.92 Å². The number of rotatable bonds is 3. The van der Waals surface area contributed by atoms with Crippen LogP contribution in [0.5, 0.6) is 0 Å². The zero-order valence-corrected chi connectivity index (χ0v) is 8.24. The molecule has 0 radical (unpaired) electrons. The molecule has 0 spiro atoms. The third kappa shape index (κ3) is 2.07. The first-order valence-electron chi connectivity index (χ1n) is 4.45. The van der Waals surface area contributed by atoms with Crippen molar-refractivity contribution in [2.75, 3.05) is 13.2 Å². The fraction of sp³-hybridized carbons (Fsp3) is 0.750. The van der Waals surface area contributed by atoms with Gasteiger partial charge in [0.05, 0.1) is 13.2 Å². The van der Waals surface area contributed by atoms with Crippen molar-refractivity contribution in [3.05, 3.63) is 0 Å². The molecule has 0 fully saturated rings. The number of esters is 1. The van der Waals surface area contributed by atoms with Gasteiger partial charge < -0.3 is 10.1 Å². The van der Waals surface area contributed by atoms with Crippen LogP contribution in [-0.2, 0) is 14.3 Å². The van der Waals surface area contributed by atoms with Crippen LogP contribution in [0.15, 0.2) is 10.2 Å². The van der Waals surface area contributed by atoms with Crippen molar-refractivity contribution in [2.24, 2.45) is 10.2 Å². The van der Waals surface area contributed by atoms with Gasteiger partial charge in [0.15, 0.2) is 0 Å². The Balaban J connectivity index is 2.76. The van der Waals surface area contributed by atoms with Gasteiger partial charge in [-0.15, -0.1) is 0 Å². The number of ether oxygens (including phenoxy) is 1. The summed E-state index contributed by atoms with van der Waals surface area (Å²) in [6, 6.07) is 0. The Labute approximate surface area is 81.7 Å². The molecule has 1 N–H and O–H groups in total. The van der Waals surface area contributed by atoms with E-state index in [1.807, 2.05) is 0 Å². The van der Waals surface area contributed by atoms with E-state index in [1.165, 1.54) is 6.92 Å². The number of nitrogens with zero attached hydrogens (tertiary/aromatic N) is 2. The predicted molar refractivity (Wildman–Crippen MR) is 47.5 cm³/mol. The maximum Gasteiger partial charge on any atom is 0.356 e. The van der Waals surface area contributed by atoms with Gasteiger partial charge in [-0.2, -0.15) is 10.2 Å². The molecule has 1 unspecified atom stereocenters. The molecular formula is C8H13N3O3. The molecular weight excluding hydrogens is 186 g/mol. The van der Waals surface area contributed by atoms with E-state index in [-0.39, 0.29) is 12.5 Å². The van der Waals surface area contributed by atoms with Crippen LogP contribution >= 0.6 is 0 Å². The lowest BCUT2D eigenvalue weighted by molar-refractivity contribution is -0.152. The van der Waals surface area contributed by atoms with E-state index in [4.69, 9.17) is 4.74 Å². The highest BCUT2D eigenvalue weighted by Crippen LogP contribution is 2.21. The van der Waals surface area contributed by atoms with Crippen LogP contribution in [0.1, 0.15) is 20.3 Å². The van der Waals surface area contributed by atoms with Crippen LogP contribution in [0, 0.1) is 0 Å². The molecule has 1 aliphatic heterocycles. The topological polar surface area (TPSA) is 80.1 Å². The Morgan fingerprint density at radius 3 is 2.71 bits per heavy atom. The average molecular weight is 199 g/mol. The number of carbonyl (C=O) groups is 2. The van der Waals surface area contributed by atoms with Crippen LogP contribution in [0.4, 0.5) is 0 Å². The molecule has 1 amide bonds. The minimum atomic E-state index is -1.28. The highest BCUT2D eigenvalue weighted by Gasteiger charge is 2.43. The van der Waals surface area contributed by atoms with Gasteiger partial charge in [-0.1, -0.05) is 0 Å². The normalized spacial score (nSPS) is 24.7. The molecule has 0 saturated heterocycles. The summed E-state index contributed by atoms with van der Waals surface area (Å²) in [4.78, 5) is 22.4. The summed E-state index contributed by atoms with van der Waals surface area (Å²) in [5.74, 6) is -0.865. The van der Waals surface area contributed by atoms with Gasteiger partial charge in [0.2, 0.25) is 5.91 Å². The van der Waals surface area contributed by atoms with E-state index in [1.54, 1.807) is 6.92 Å². The summed E-state index contributed by atoms with van der Waals surface area (Å²) in [5, 5.41) is 9.91.